The van der Waals surface area contributed by atoms with Crippen molar-refractivity contribution in [2.45, 2.75) is 20.0 Å². The number of rotatable bonds is 3. The number of nitrogens with one attached hydrogen (secondary N) is 1. The molecular formula is C12H15N3O3. The van der Waals surface area contributed by atoms with Gasteiger partial charge in [0.1, 0.15) is 11.3 Å². The first kappa shape index (κ1) is 12.2. The summed E-state index contributed by atoms with van der Waals surface area (Å²) in [5.74, 6) is 1.09. The number of ether oxygens (including phenoxy) is 2. The Morgan fingerprint density at radius 2 is 2.28 bits per heavy atom. The Morgan fingerprint density at radius 3 is 2.94 bits per heavy atom. The fourth-order valence-corrected chi connectivity index (χ4v) is 1.60. The van der Waals surface area contributed by atoms with Gasteiger partial charge in [-0.3, -0.25) is 9.72 Å². The zero-order valence-corrected chi connectivity index (χ0v) is 10.5. The van der Waals surface area contributed by atoms with Crippen molar-refractivity contribution in [3.05, 3.63) is 24.5 Å². The van der Waals surface area contributed by atoms with Crippen LogP contribution in [0.2, 0.25) is 0 Å². The van der Waals surface area contributed by atoms with Gasteiger partial charge in [0.15, 0.2) is 0 Å². The van der Waals surface area contributed by atoms with Crippen LogP contribution in [0.4, 0.5) is 10.7 Å². The van der Waals surface area contributed by atoms with E-state index in [0.717, 1.165) is 5.52 Å². The Hall–Kier alpha value is -2.24. The number of methoxy groups -OCH3 is 1. The molecule has 0 bridgehead atoms. The number of hydrogen-bond acceptors (Lipinski definition) is 4. The van der Waals surface area contributed by atoms with Crippen LogP contribution in [0.25, 0.3) is 5.52 Å². The maximum absolute atomic E-state index is 11.5. The quantitative estimate of drug-likeness (QED) is 0.906. The monoisotopic (exact) mass is 249 g/mol. The second-order valence-electron chi connectivity index (χ2n) is 3.99. The van der Waals surface area contributed by atoms with Gasteiger partial charge in [-0.15, -0.1) is 0 Å². The summed E-state index contributed by atoms with van der Waals surface area (Å²) in [7, 11) is 1.59. The first-order valence-corrected chi connectivity index (χ1v) is 5.59. The van der Waals surface area contributed by atoms with Gasteiger partial charge in [0.05, 0.1) is 19.4 Å². The van der Waals surface area contributed by atoms with Crippen LogP contribution in [0.3, 0.4) is 0 Å². The molecule has 1 N–H and O–H groups in total. The molecule has 0 spiro atoms. The number of imidazole rings is 1. The molecule has 0 fully saturated rings. The second-order valence-corrected chi connectivity index (χ2v) is 3.99. The van der Waals surface area contributed by atoms with E-state index in [4.69, 9.17) is 9.47 Å². The number of anilines is 1. The summed E-state index contributed by atoms with van der Waals surface area (Å²) >= 11 is 0. The van der Waals surface area contributed by atoms with Gasteiger partial charge in [-0.1, -0.05) is 0 Å². The van der Waals surface area contributed by atoms with Crippen LogP contribution < -0.4 is 10.1 Å². The number of aromatic nitrogens is 2. The lowest BCUT2D eigenvalue weighted by Gasteiger charge is -2.09. The van der Waals surface area contributed by atoms with Gasteiger partial charge < -0.3 is 9.47 Å². The molecule has 96 valence electrons. The van der Waals surface area contributed by atoms with E-state index >= 15 is 0 Å². The lowest BCUT2D eigenvalue weighted by atomic mass is 10.4. The van der Waals surface area contributed by atoms with E-state index in [1.54, 1.807) is 37.8 Å². The highest BCUT2D eigenvalue weighted by Gasteiger charge is 2.11. The van der Waals surface area contributed by atoms with E-state index in [1.807, 2.05) is 12.1 Å². The molecule has 0 aliphatic rings. The second kappa shape index (κ2) is 4.95. The summed E-state index contributed by atoms with van der Waals surface area (Å²) in [6, 6.07) is 3.64. The summed E-state index contributed by atoms with van der Waals surface area (Å²) in [5.41, 5.74) is 0.778. The minimum Gasteiger partial charge on any atom is -0.494 e. The fourth-order valence-electron chi connectivity index (χ4n) is 1.60. The number of nitrogens with zero attached hydrogens (tertiary/aromatic N) is 2. The van der Waals surface area contributed by atoms with E-state index < -0.39 is 6.09 Å². The molecule has 0 radical (unpaired) electrons. The van der Waals surface area contributed by atoms with Gasteiger partial charge in [-0.25, -0.2) is 9.78 Å². The predicted octanol–water partition coefficient (Wildman–Crippen LogP) is 2.30. The Balaban J connectivity index is 2.27. The highest BCUT2D eigenvalue weighted by molar-refractivity contribution is 5.83. The minimum atomic E-state index is -0.527. The number of carbonyl (C=O) groups is 1. The summed E-state index contributed by atoms with van der Waals surface area (Å²) in [4.78, 5) is 15.6. The Morgan fingerprint density at radius 1 is 1.50 bits per heavy atom. The number of hydrogen-bond donors (Lipinski definition) is 1. The zero-order valence-electron chi connectivity index (χ0n) is 10.5. The van der Waals surface area contributed by atoms with Crippen molar-refractivity contribution in [2.75, 3.05) is 12.4 Å². The molecule has 18 heavy (non-hydrogen) atoms. The van der Waals surface area contributed by atoms with Crippen LogP contribution in [0.5, 0.6) is 5.75 Å². The highest BCUT2D eigenvalue weighted by Crippen LogP contribution is 2.21. The fraction of sp³-hybridized carbons (Fsp3) is 0.333. The van der Waals surface area contributed by atoms with Crippen molar-refractivity contribution in [3.63, 3.8) is 0 Å². The Bertz CT molecular complexity index is 563. The van der Waals surface area contributed by atoms with Crippen LogP contribution in [-0.2, 0) is 4.74 Å². The molecule has 0 aliphatic carbocycles. The minimum absolute atomic E-state index is 0.175. The average Bonchev–Trinajstić information content (AvgIpc) is 2.71. The van der Waals surface area contributed by atoms with Gasteiger partial charge in [0.2, 0.25) is 5.95 Å². The van der Waals surface area contributed by atoms with Crippen molar-refractivity contribution >= 4 is 17.6 Å². The van der Waals surface area contributed by atoms with E-state index in [1.165, 1.54) is 0 Å². The maximum atomic E-state index is 11.5. The van der Waals surface area contributed by atoms with E-state index in [2.05, 4.69) is 10.3 Å². The average molecular weight is 249 g/mol. The maximum Gasteiger partial charge on any atom is 0.414 e. The van der Waals surface area contributed by atoms with E-state index in [9.17, 15) is 4.79 Å². The molecule has 0 atom stereocenters. The van der Waals surface area contributed by atoms with Crippen LogP contribution in [-0.4, -0.2) is 28.7 Å². The van der Waals surface area contributed by atoms with Crippen molar-refractivity contribution in [3.8, 4) is 5.75 Å². The molecule has 6 heteroatoms. The summed E-state index contributed by atoms with van der Waals surface area (Å²) in [5, 5.41) is 2.58. The SMILES string of the molecule is COc1cccn2c(NC(=O)OC(C)C)ncc12. The first-order chi connectivity index (χ1) is 8.61. The van der Waals surface area contributed by atoms with Crippen molar-refractivity contribution < 1.29 is 14.3 Å². The third-order valence-electron chi connectivity index (χ3n) is 2.31. The largest absolute Gasteiger partial charge is 0.494 e. The highest BCUT2D eigenvalue weighted by atomic mass is 16.6. The van der Waals surface area contributed by atoms with Crippen molar-refractivity contribution in [2.24, 2.45) is 0 Å². The molecule has 2 rings (SSSR count). The van der Waals surface area contributed by atoms with Gasteiger partial charge >= 0.3 is 6.09 Å². The molecule has 2 aromatic rings. The molecule has 2 heterocycles. The molecule has 0 unspecified atom stereocenters. The topological polar surface area (TPSA) is 64.9 Å². The van der Waals surface area contributed by atoms with Crippen LogP contribution in [0.15, 0.2) is 24.5 Å². The lowest BCUT2D eigenvalue weighted by molar-refractivity contribution is 0.129. The number of pyridine rings is 1. The third-order valence-corrected chi connectivity index (χ3v) is 2.31. The molecule has 0 aromatic carbocycles. The van der Waals surface area contributed by atoms with Gasteiger partial charge in [0.25, 0.3) is 0 Å². The number of carbonyl (C=O) groups excluding carboxylic acids is 1. The molecule has 6 nitrogen and oxygen atoms in total. The van der Waals surface area contributed by atoms with Crippen molar-refractivity contribution in [1.29, 1.82) is 0 Å². The molecule has 2 aromatic heterocycles. The third kappa shape index (κ3) is 2.37. The number of amides is 1. The summed E-state index contributed by atoms with van der Waals surface area (Å²) in [6.45, 7) is 3.57. The van der Waals surface area contributed by atoms with Gasteiger partial charge in [-0.05, 0) is 26.0 Å². The van der Waals surface area contributed by atoms with E-state index in [0.29, 0.717) is 11.7 Å². The van der Waals surface area contributed by atoms with Crippen molar-refractivity contribution in [1.82, 2.24) is 9.38 Å². The number of fused-ring (bicyclic) bond motifs is 1. The predicted molar refractivity (Wildman–Crippen MR) is 67.0 cm³/mol. The van der Waals surface area contributed by atoms with Gasteiger partial charge in [0, 0.05) is 6.20 Å². The van der Waals surface area contributed by atoms with Gasteiger partial charge in [-0.2, -0.15) is 0 Å². The Kier molecular flexibility index (Phi) is 3.36. The molecule has 0 aliphatic heterocycles. The van der Waals surface area contributed by atoms with Crippen LogP contribution >= 0.6 is 0 Å². The molecule has 1 amide bonds. The lowest BCUT2D eigenvalue weighted by Crippen LogP contribution is -2.19. The smallest absolute Gasteiger partial charge is 0.414 e. The summed E-state index contributed by atoms with van der Waals surface area (Å²) < 4.78 is 11.9. The van der Waals surface area contributed by atoms with Crippen LogP contribution in [0.1, 0.15) is 13.8 Å². The molecule has 0 saturated heterocycles. The zero-order chi connectivity index (χ0) is 13.1. The van der Waals surface area contributed by atoms with E-state index in [-0.39, 0.29) is 6.10 Å². The normalized spacial score (nSPS) is 10.7. The molecule has 0 saturated carbocycles. The first-order valence-electron chi connectivity index (χ1n) is 5.59. The van der Waals surface area contributed by atoms with Crippen LogP contribution in [0, 0.1) is 0 Å². The molecular weight excluding hydrogens is 234 g/mol. The Labute approximate surface area is 105 Å². The summed E-state index contributed by atoms with van der Waals surface area (Å²) in [6.07, 6.45) is 2.71. The standard InChI is InChI=1S/C12H15N3O3/c1-8(2)18-12(16)14-11-13-7-9-10(17-3)5-4-6-15(9)11/h4-8H,1-3H3,(H,13,14,16).